The second-order valence-electron chi connectivity index (χ2n) is 4.82. The topological polar surface area (TPSA) is 18.5 Å². The van der Waals surface area contributed by atoms with Gasteiger partial charge in [-0.15, -0.1) is 11.3 Å². The van der Waals surface area contributed by atoms with Crippen LogP contribution in [0.1, 0.15) is 4.88 Å². The minimum Gasteiger partial charge on any atom is -0.314 e. The Labute approximate surface area is 115 Å². The molecular weight excluding hydrogens is 298 g/mol. The average Bonchev–Trinajstić information content (AvgIpc) is 2.65. The van der Waals surface area contributed by atoms with Gasteiger partial charge in [0.2, 0.25) is 0 Å². The van der Waals surface area contributed by atoms with Crippen LogP contribution in [0.3, 0.4) is 0 Å². The van der Waals surface area contributed by atoms with E-state index in [4.69, 9.17) is 0 Å². The summed E-state index contributed by atoms with van der Waals surface area (Å²) >= 11 is 5.47. The predicted molar refractivity (Wildman–Crippen MR) is 75.5 cm³/mol. The number of halogens is 1. The lowest BCUT2D eigenvalue weighted by Gasteiger charge is -2.43. The third-order valence-corrected chi connectivity index (χ3v) is 5.65. The van der Waals surface area contributed by atoms with Crippen molar-refractivity contribution in [3.8, 4) is 0 Å². The SMILES string of the molecule is Brc1ccsc1CN1CCN(C2CNC2)CC1. The van der Waals surface area contributed by atoms with Crippen molar-refractivity contribution in [2.24, 2.45) is 0 Å². The van der Waals surface area contributed by atoms with Gasteiger partial charge in [-0.05, 0) is 27.4 Å². The van der Waals surface area contributed by atoms with Gasteiger partial charge in [0.25, 0.3) is 0 Å². The minimum absolute atomic E-state index is 0.811. The molecule has 0 aliphatic carbocycles. The van der Waals surface area contributed by atoms with Gasteiger partial charge in [-0.25, -0.2) is 0 Å². The number of rotatable bonds is 3. The van der Waals surface area contributed by atoms with Crippen LogP contribution in [0.15, 0.2) is 15.9 Å². The maximum absolute atomic E-state index is 3.61. The second-order valence-corrected chi connectivity index (χ2v) is 6.67. The van der Waals surface area contributed by atoms with Gasteiger partial charge in [0.15, 0.2) is 0 Å². The summed E-state index contributed by atoms with van der Waals surface area (Å²) in [6.07, 6.45) is 0. The zero-order valence-electron chi connectivity index (χ0n) is 9.86. The molecule has 0 bridgehead atoms. The summed E-state index contributed by atoms with van der Waals surface area (Å²) in [5.41, 5.74) is 0. The number of hydrogen-bond donors (Lipinski definition) is 1. The summed E-state index contributed by atoms with van der Waals surface area (Å²) in [6.45, 7) is 8.37. The lowest BCUT2D eigenvalue weighted by atomic mass is 10.1. The molecule has 0 atom stereocenters. The molecule has 0 spiro atoms. The van der Waals surface area contributed by atoms with Crippen LogP contribution >= 0.6 is 27.3 Å². The van der Waals surface area contributed by atoms with Crippen molar-refractivity contribution in [2.75, 3.05) is 39.3 Å². The van der Waals surface area contributed by atoms with Gasteiger partial charge in [0.05, 0.1) is 0 Å². The Balaban J connectivity index is 1.49. The lowest BCUT2D eigenvalue weighted by molar-refractivity contribution is 0.0699. The maximum Gasteiger partial charge on any atom is 0.0346 e. The Morgan fingerprint density at radius 3 is 2.59 bits per heavy atom. The van der Waals surface area contributed by atoms with Crippen molar-refractivity contribution >= 4 is 27.3 Å². The molecule has 5 heteroatoms. The Hall–Kier alpha value is 0.0600. The van der Waals surface area contributed by atoms with Crippen molar-refractivity contribution in [1.29, 1.82) is 0 Å². The smallest absolute Gasteiger partial charge is 0.0346 e. The summed E-state index contributed by atoms with van der Waals surface area (Å²) in [6, 6.07) is 2.96. The highest BCUT2D eigenvalue weighted by atomic mass is 79.9. The molecule has 2 saturated heterocycles. The molecule has 0 radical (unpaired) electrons. The first kappa shape index (κ1) is 12.1. The van der Waals surface area contributed by atoms with Crippen LogP contribution in [-0.4, -0.2) is 55.1 Å². The first-order valence-corrected chi connectivity index (χ1v) is 7.89. The number of piperazine rings is 1. The molecule has 1 N–H and O–H groups in total. The first-order chi connectivity index (χ1) is 8.33. The quantitative estimate of drug-likeness (QED) is 0.914. The molecule has 2 aliphatic rings. The third-order valence-electron chi connectivity index (χ3n) is 3.74. The molecule has 1 aromatic rings. The Morgan fingerprint density at radius 1 is 1.29 bits per heavy atom. The lowest BCUT2D eigenvalue weighted by Crippen LogP contribution is -2.61. The van der Waals surface area contributed by atoms with Gasteiger partial charge in [0.1, 0.15) is 0 Å². The third kappa shape index (κ3) is 2.74. The molecule has 0 saturated carbocycles. The van der Waals surface area contributed by atoms with E-state index in [1.807, 2.05) is 11.3 Å². The molecule has 2 fully saturated rings. The second kappa shape index (κ2) is 5.36. The van der Waals surface area contributed by atoms with E-state index in [1.165, 1.54) is 48.6 Å². The molecule has 0 aromatic carbocycles. The maximum atomic E-state index is 3.61. The Bertz CT molecular complexity index is 370. The molecule has 3 rings (SSSR count). The number of thiophene rings is 1. The normalized spacial score (nSPS) is 23.8. The standard InChI is InChI=1S/C12H18BrN3S/c13-11-1-6-17-12(11)9-15-2-4-16(5-3-15)10-7-14-8-10/h1,6,10,14H,2-5,7-9H2. The molecule has 0 unspecified atom stereocenters. The summed E-state index contributed by atoms with van der Waals surface area (Å²) < 4.78 is 1.27. The van der Waals surface area contributed by atoms with Crippen molar-refractivity contribution in [1.82, 2.24) is 15.1 Å². The van der Waals surface area contributed by atoms with E-state index in [0.717, 1.165) is 12.6 Å². The van der Waals surface area contributed by atoms with Crippen LogP contribution in [0.25, 0.3) is 0 Å². The van der Waals surface area contributed by atoms with Crippen LogP contribution < -0.4 is 5.32 Å². The highest BCUT2D eigenvalue weighted by Crippen LogP contribution is 2.24. The first-order valence-electron chi connectivity index (χ1n) is 6.22. The Kier molecular flexibility index (Phi) is 3.82. The summed E-state index contributed by atoms with van der Waals surface area (Å²) in [7, 11) is 0. The predicted octanol–water partition coefficient (Wildman–Crippen LogP) is 1.60. The van der Waals surface area contributed by atoms with Gasteiger partial charge < -0.3 is 5.32 Å². The Morgan fingerprint density at radius 2 is 2.06 bits per heavy atom. The van der Waals surface area contributed by atoms with Crippen LogP contribution in [0.4, 0.5) is 0 Å². The van der Waals surface area contributed by atoms with E-state index in [-0.39, 0.29) is 0 Å². The molecule has 94 valence electrons. The summed E-state index contributed by atoms with van der Waals surface area (Å²) in [5, 5.41) is 5.52. The molecular formula is C12H18BrN3S. The fourth-order valence-electron chi connectivity index (χ4n) is 2.46. The van der Waals surface area contributed by atoms with Crippen molar-refractivity contribution in [3.63, 3.8) is 0 Å². The van der Waals surface area contributed by atoms with E-state index in [2.05, 4.69) is 42.5 Å². The van der Waals surface area contributed by atoms with E-state index in [9.17, 15) is 0 Å². The zero-order chi connectivity index (χ0) is 11.7. The van der Waals surface area contributed by atoms with Crippen LogP contribution in [-0.2, 0) is 6.54 Å². The molecule has 1 aromatic heterocycles. The minimum atomic E-state index is 0.811. The number of hydrogen-bond acceptors (Lipinski definition) is 4. The number of nitrogens with zero attached hydrogens (tertiary/aromatic N) is 2. The molecule has 17 heavy (non-hydrogen) atoms. The van der Waals surface area contributed by atoms with E-state index in [1.54, 1.807) is 0 Å². The monoisotopic (exact) mass is 315 g/mol. The van der Waals surface area contributed by atoms with Crippen molar-refractivity contribution in [3.05, 3.63) is 20.8 Å². The summed E-state index contributed by atoms with van der Waals surface area (Å²) in [5.74, 6) is 0. The van der Waals surface area contributed by atoms with E-state index >= 15 is 0 Å². The molecule has 3 heterocycles. The van der Waals surface area contributed by atoms with Crippen LogP contribution in [0, 0.1) is 0 Å². The van der Waals surface area contributed by atoms with Gasteiger partial charge in [-0.2, -0.15) is 0 Å². The van der Waals surface area contributed by atoms with Crippen molar-refractivity contribution in [2.45, 2.75) is 12.6 Å². The molecule has 0 amide bonds. The average molecular weight is 316 g/mol. The highest BCUT2D eigenvalue weighted by Gasteiger charge is 2.27. The van der Waals surface area contributed by atoms with E-state index in [0.29, 0.717) is 0 Å². The van der Waals surface area contributed by atoms with Gasteiger partial charge in [-0.1, -0.05) is 0 Å². The fraction of sp³-hybridized carbons (Fsp3) is 0.667. The number of nitrogens with one attached hydrogen (secondary N) is 1. The fourth-order valence-corrected chi connectivity index (χ4v) is 3.98. The largest absolute Gasteiger partial charge is 0.314 e. The van der Waals surface area contributed by atoms with E-state index < -0.39 is 0 Å². The van der Waals surface area contributed by atoms with Crippen molar-refractivity contribution < 1.29 is 0 Å². The molecule has 3 nitrogen and oxygen atoms in total. The van der Waals surface area contributed by atoms with Gasteiger partial charge in [-0.3, -0.25) is 9.80 Å². The summed E-state index contributed by atoms with van der Waals surface area (Å²) in [4.78, 5) is 6.67. The van der Waals surface area contributed by atoms with Crippen LogP contribution in [0.2, 0.25) is 0 Å². The molecule has 2 aliphatic heterocycles. The van der Waals surface area contributed by atoms with Gasteiger partial charge in [0, 0.05) is 61.2 Å². The van der Waals surface area contributed by atoms with Crippen LogP contribution in [0.5, 0.6) is 0 Å². The van der Waals surface area contributed by atoms with Gasteiger partial charge >= 0.3 is 0 Å². The highest BCUT2D eigenvalue weighted by molar-refractivity contribution is 9.10. The zero-order valence-corrected chi connectivity index (χ0v) is 12.3.